The van der Waals surface area contributed by atoms with Crippen molar-refractivity contribution in [1.82, 2.24) is 19.7 Å². The van der Waals surface area contributed by atoms with E-state index >= 15 is 0 Å². The van der Waals surface area contributed by atoms with Crippen molar-refractivity contribution in [1.29, 1.82) is 0 Å². The molecule has 0 aromatic carbocycles. The monoisotopic (exact) mass is 274 g/mol. The third-order valence-electron chi connectivity index (χ3n) is 3.74. The number of ether oxygens (including phenoxy) is 1. The zero-order valence-electron chi connectivity index (χ0n) is 12.0. The Morgan fingerprint density at radius 3 is 3.05 bits per heavy atom. The number of hydrogen-bond donors (Lipinski definition) is 0. The lowest BCUT2D eigenvalue weighted by atomic mass is 10.1. The molecule has 6 heteroatoms. The van der Waals surface area contributed by atoms with Gasteiger partial charge in [-0.3, -0.25) is 9.48 Å². The Morgan fingerprint density at radius 1 is 1.50 bits per heavy atom. The molecule has 1 aliphatic rings. The summed E-state index contributed by atoms with van der Waals surface area (Å²) in [5.41, 5.74) is 2.30. The number of carbonyl (C=O) groups is 1. The largest absolute Gasteiger partial charge is 0.377 e. The van der Waals surface area contributed by atoms with Crippen molar-refractivity contribution in [2.75, 3.05) is 19.8 Å². The molecule has 1 saturated heterocycles. The Kier molecular flexibility index (Phi) is 3.17. The molecule has 6 nitrogen and oxygen atoms in total. The van der Waals surface area contributed by atoms with Crippen LogP contribution in [0.15, 0.2) is 12.3 Å². The van der Waals surface area contributed by atoms with Crippen molar-refractivity contribution in [3.05, 3.63) is 23.5 Å². The lowest BCUT2D eigenvalue weighted by Crippen LogP contribution is -2.47. The van der Waals surface area contributed by atoms with Gasteiger partial charge in [0.2, 0.25) is 0 Å². The summed E-state index contributed by atoms with van der Waals surface area (Å²) in [7, 11) is 1.86. The minimum Gasteiger partial charge on any atom is -0.377 e. The smallest absolute Gasteiger partial charge is 0.255 e. The molecule has 1 atom stereocenters. The molecule has 0 spiro atoms. The summed E-state index contributed by atoms with van der Waals surface area (Å²) >= 11 is 0. The first-order valence-electron chi connectivity index (χ1n) is 6.76. The summed E-state index contributed by atoms with van der Waals surface area (Å²) in [5.74, 6) is 0.0125. The van der Waals surface area contributed by atoms with Gasteiger partial charge in [0.1, 0.15) is 0 Å². The number of pyridine rings is 1. The fraction of sp³-hybridized carbons (Fsp3) is 0.500. The van der Waals surface area contributed by atoms with E-state index in [0.29, 0.717) is 25.3 Å². The van der Waals surface area contributed by atoms with Crippen LogP contribution in [0.2, 0.25) is 0 Å². The van der Waals surface area contributed by atoms with Gasteiger partial charge in [0.05, 0.1) is 30.5 Å². The topological polar surface area (TPSA) is 60.2 Å². The summed E-state index contributed by atoms with van der Waals surface area (Å²) in [6, 6.07) is 1.98. The number of carbonyl (C=O) groups excluding carboxylic acids is 1. The number of morpholine rings is 1. The van der Waals surface area contributed by atoms with E-state index in [9.17, 15) is 4.79 Å². The van der Waals surface area contributed by atoms with Gasteiger partial charge in [0.15, 0.2) is 5.65 Å². The van der Waals surface area contributed by atoms with Gasteiger partial charge in [-0.1, -0.05) is 0 Å². The Hall–Kier alpha value is -1.95. The van der Waals surface area contributed by atoms with Gasteiger partial charge in [0, 0.05) is 25.2 Å². The van der Waals surface area contributed by atoms with Gasteiger partial charge in [-0.2, -0.15) is 5.10 Å². The molecule has 0 saturated carbocycles. The molecule has 0 N–H and O–H groups in total. The molecule has 3 heterocycles. The number of amides is 1. The number of hydrogen-bond acceptors (Lipinski definition) is 4. The lowest BCUT2D eigenvalue weighted by Gasteiger charge is -2.33. The van der Waals surface area contributed by atoms with Crippen molar-refractivity contribution in [3.63, 3.8) is 0 Å². The third-order valence-corrected chi connectivity index (χ3v) is 3.74. The second-order valence-corrected chi connectivity index (χ2v) is 5.23. The van der Waals surface area contributed by atoms with E-state index in [0.717, 1.165) is 16.7 Å². The maximum Gasteiger partial charge on any atom is 0.255 e. The third kappa shape index (κ3) is 2.06. The van der Waals surface area contributed by atoms with Gasteiger partial charge in [0.25, 0.3) is 5.91 Å². The second kappa shape index (κ2) is 4.86. The average molecular weight is 274 g/mol. The zero-order chi connectivity index (χ0) is 14.3. The van der Waals surface area contributed by atoms with Crippen LogP contribution in [0.1, 0.15) is 23.0 Å². The Morgan fingerprint density at radius 2 is 2.30 bits per heavy atom. The van der Waals surface area contributed by atoms with Crippen LogP contribution >= 0.6 is 0 Å². The standard InChI is InChI=1S/C14H18N4O2/c1-9-8-20-5-4-18(9)14(19)11-6-12-10(2)16-17(3)13(12)15-7-11/h6-7,9H,4-5,8H2,1-3H3/t9-/m0/s1. The van der Waals surface area contributed by atoms with Gasteiger partial charge in [-0.05, 0) is 19.9 Å². The van der Waals surface area contributed by atoms with E-state index in [-0.39, 0.29) is 11.9 Å². The molecule has 1 amide bonds. The van der Waals surface area contributed by atoms with Crippen molar-refractivity contribution < 1.29 is 9.53 Å². The van der Waals surface area contributed by atoms with Crippen molar-refractivity contribution in [2.45, 2.75) is 19.9 Å². The van der Waals surface area contributed by atoms with E-state index in [4.69, 9.17) is 4.74 Å². The minimum absolute atomic E-state index is 0.0125. The van der Waals surface area contributed by atoms with Crippen LogP contribution in [0.25, 0.3) is 11.0 Å². The minimum atomic E-state index is 0.0125. The molecule has 2 aromatic rings. The molecule has 2 aromatic heterocycles. The maximum absolute atomic E-state index is 12.6. The number of aromatic nitrogens is 3. The fourth-order valence-corrected chi connectivity index (χ4v) is 2.62. The molecule has 0 radical (unpaired) electrons. The highest BCUT2D eigenvalue weighted by Crippen LogP contribution is 2.19. The van der Waals surface area contributed by atoms with Crippen LogP contribution in [0, 0.1) is 6.92 Å². The van der Waals surface area contributed by atoms with E-state index in [2.05, 4.69) is 10.1 Å². The first-order chi connectivity index (χ1) is 9.58. The fourth-order valence-electron chi connectivity index (χ4n) is 2.62. The molecule has 0 aliphatic carbocycles. The average Bonchev–Trinajstić information content (AvgIpc) is 2.73. The van der Waals surface area contributed by atoms with E-state index in [1.54, 1.807) is 10.9 Å². The van der Waals surface area contributed by atoms with Crippen LogP contribution in [-0.4, -0.2) is 51.4 Å². The van der Waals surface area contributed by atoms with Gasteiger partial charge >= 0.3 is 0 Å². The highest BCUT2D eigenvalue weighted by Gasteiger charge is 2.25. The predicted molar refractivity (Wildman–Crippen MR) is 74.6 cm³/mol. The molecular weight excluding hydrogens is 256 g/mol. The number of aryl methyl sites for hydroxylation is 2. The van der Waals surface area contributed by atoms with Crippen molar-refractivity contribution >= 4 is 16.9 Å². The maximum atomic E-state index is 12.6. The zero-order valence-corrected chi connectivity index (χ0v) is 12.0. The summed E-state index contributed by atoms with van der Waals surface area (Å²) in [6.07, 6.45) is 1.63. The van der Waals surface area contributed by atoms with Crippen molar-refractivity contribution in [2.24, 2.45) is 7.05 Å². The Labute approximate surface area is 117 Å². The summed E-state index contributed by atoms with van der Waals surface area (Å²) in [6.45, 7) is 5.74. The van der Waals surface area contributed by atoms with Crippen LogP contribution in [0.4, 0.5) is 0 Å². The van der Waals surface area contributed by atoms with Crippen LogP contribution in [0.5, 0.6) is 0 Å². The molecule has 0 unspecified atom stereocenters. The van der Waals surface area contributed by atoms with E-state index in [1.807, 2.05) is 31.9 Å². The Balaban J connectivity index is 1.97. The molecule has 106 valence electrons. The van der Waals surface area contributed by atoms with Crippen LogP contribution < -0.4 is 0 Å². The highest BCUT2D eigenvalue weighted by molar-refractivity contribution is 5.97. The summed E-state index contributed by atoms with van der Waals surface area (Å²) in [5, 5.41) is 5.26. The molecular formula is C14H18N4O2. The SMILES string of the molecule is Cc1nn(C)c2ncc(C(=O)N3CCOC[C@@H]3C)cc12. The molecule has 1 aliphatic heterocycles. The van der Waals surface area contributed by atoms with Gasteiger partial charge in [-0.15, -0.1) is 0 Å². The van der Waals surface area contributed by atoms with Crippen LogP contribution in [-0.2, 0) is 11.8 Å². The number of nitrogens with zero attached hydrogens (tertiary/aromatic N) is 4. The van der Waals surface area contributed by atoms with E-state index < -0.39 is 0 Å². The second-order valence-electron chi connectivity index (χ2n) is 5.23. The predicted octanol–water partition coefficient (Wildman–Crippen LogP) is 1.14. The van der Waals surface area contributed by atoms with E-state index in [1.165, 1.54) is 0 Å². The first-order valence-corrected chi connectivity index (χ1v) is 6.76. The molecule has 3 rings (SSSR count). The van der Waals surface area contributed by atoms with Crippen LogP contribution in [0.3, 0.4) is 0 Å². The van der Waals surface area contributed by atoms with Gasteiger partial charge < -0.3 is 9.64 Å². The number of fused-ring (bicyclic) bond motifs is 1. The Bertz CT molecular complexity index is 664. The molecule has 20 heavy (non-hydrogen) atoms. The molecule has 1 fully saturated rings. The van der Waals surface area contributed by atoms with Gasteiger partial charge in [-0.25, -0.2) is 4.98 Å². The lowest BCUT2D eigenvalue weighted by molar-refractivity contribution is 0.00358. The first kappa shape index (κ1) is 13.1. The quantitative estimate of drug-likeness (QED) is 0.782. The molecule has 0 bridgehead atoms. The highest BCUT2D eigenvalue weighted by atomic mass is 16.5. The van der Waals surface area contributed by atoms with Crippen molar-refractivity contribution in [3.8, 4) is 0 Å². The normalized spacial score (nSPS) is 19.6. The number of rotatable bonds is 1. The summed E-state index contributed by atoms with van der Waals surface area (Å²) < 4.78 is 7.10. The summed E-state index contributed by atoms with van der Waals surface area (Å²) in [4.78, 5) is 18.8.